The van der Waals surface area contributed by atoms with Crippen molar-refractivity contribution in [3.63, 3.8) is 0 Å². The lowest BCUT2D eigenvalue weighted by Crippen LogP contribution is -2.25. The van der Waals surface area contributed by atoms with Crippen LogP contribution in [0.25, 0.3) is 0 Å². The van der Waals surface area contributed by atoms with Gasteiger partial charge in [0.1, 0.15) is 0 Å². The summed E-state index contributed by atoms with van der Waals surface area (Å²) in [5, 5.41) is 8.33. The zero-order valence-corrected chi connectivity index (χ0v) is 10.1. The molecule has 16 heavy (non-hydrogen) atoms. The number of fused-ring (bicyclic) bond motifs is 1. The van der Waals surface area contributed by atoms with Crippen LogP contribution in [-0.4, -0.2) is 16.3 Å². The zero-order chi connectivity index (χ0) is 11.0. The molecular formula is C13H21N3. The summed E-state index contributed by atoms with van der Waals surface area (Å²) >= 11 is 0. The second-order valence-electron chi connectivity index (χ2n) is 5.03. The third kappa shape index (κ3) is 1.58. The molecule has 0 unspecified atom stereocenters. The van der Waals surface area contributed by atoms with E-state index in [2.05, 4.69) is 16.9 Å². The van der Waals surface area contributed by atoms with Gasteiger partial charge < -0.3 is 5.32 Å². The summed E-state index contributed by atoms with van der Waals surface area (Å²) in [5.74, 6) is 0.764. The maximum atomic E-state index is 4.87. The number of nitrogens with zero attached hydrogens (tertiary/aromatic N) is 2. The van der Waals surface area contributed by atoms with Crippen LogP contribution in [0.15, 0.2) is 0 Å². The van der Waals surface area contributed by atoms with Crippen molar-refractivity contribution in [3.05, 3.63) is 17.0 Å². The van der Waals surface area contributed by atoms with E-state index in [1.54, 1.807) is 5.56 Å². The van der Waals surface area contributed by atoms with Crippen molar-refractivity contribution in [3.8, 4) is 0 Å². The molecule has 0 spiro atoms. The molecule has 1 aromatic heterocycles. The number of hydrogen-bond donors (Lipinski definition) is 1. The molecule has 0 aromatic carbocycles. The van der Waals surface area contributed by atoms with Crippen LogP contribution in [0.3, 0.4) is 0 Å². The number of nitrogens with one attached hydrogen (secondary N) is 1. The Morgan fingerprint density at radius 3 is 2.94 bits per heavy atom. The predicted molar refractivity (Wildman–Crippen MR) is 64.5 cm³/mol. The maximum Gasteiger partial charge on any atom is 0.0691 e. The minimum Gasteiger partial charge on any atom is -0.311 e. The van der Waals surface area contributed by atoms with Crippen LogP contribution in [0.4, 0.5) is 0 Å². The zero-order valence-electron chi connectivity index (χ0n) is 10.1. The van der Waals surface area contributed by atoms with E-state index in [9.17, 15) is 0 Å². The van der Waals surface area contributed by atoms with Crippen LogP contribution < -0.4 is 5.32 Å². The molecule has 0 amide bonds. The van der Waals surface area contributed by atoms with Gasteiger partial charge in [0.25, 0.3) is 0 Å². The fraction of sp³-hybridized carbons (Fsp3) is 0.769. The van der Waals surface area contributed by atoms with Crippen LogP contribution in [0.2, 0.25) is 0 Å². The molecule has 3 nitrogen and oxygen atoms in total. The number of rotatable bonds is 2. The number of aromatic nitrogens is 2. The maximum absolute atomic E-state index is 4.87. The second kappa shape index (κ2) is 4.21. The van der Waals surface area contributed by atoms with E-state index in [-0.39, 0.29) is 0 Å². The van der Waals surface area contributed by atoms with Crippen LogP contribution in [-0.2, 0) is 19.5 Å². The lowest BCUT2D eigenvalue weighted by atomic mass is 9.95. The van der Waals surface area contributed by atoms with Gasteiger partial charge in [0.2, 0.25) is 0 Å². The first kappa shape index (κ1) is 10.3. The van der Waals surface area contributed by atoms with Crippen molar-refractivity contribution in [2.45, 2.75) is 58.0 Å². The van der Waals surface area contributed by atoms with Crippen molar-refractivity contribution >= 4 is 0 Å². The Kier molecular flexibility index (Phi) is 2.72. The van der Waals surface area contributed by atoms with Crippen molar-refractivity contribution < 1.29 is 0 Å². The van der Waals surface area contributed by atoms with Crippen molar-refractivity contribution in [2.75, 3.05) is 6.54 Å². The first-order valence-corrected chi connectivity index (χ1v) is 6.69. The SMILES string of the molecule is CCn1nc(C2CCCC2)c2c1CNCC2. The molecule has 1 fully saturated rings. The topological polar surface area (TPSA) is 29.9 Å². The fourth-order valence-corrected chi connectivity index (χ4v) is 3.23. The van der Waals surface area contributed by atoms with Gasteiger partial charge in [-0.2, -0.15) is 5.10 Å². The van der Waals surface area contributed by atoms with E-state index in [0.29, 0.717) is 0 Å². The summed E-state index contributed by atoms with van der Waals surface area (Å²) in [6.07, 6.45) is 6.70. The highest BCUT2D eigenvalue weighted by atomic mass is 15.3. The molecule has 1 aliphatic carbocycles. The highest BCUT2D eigenvalue weighted by molar-refractivity contribution is 5.31. The molecule has 2 heterocycles. The summed E-state index contributed by atoms with van der Waals surface area (Å²) in [5.41, 5.74) is 4.47. The molecular weight excluding hydrogens is 198 g/mol. The fourth-order valence-electron chi connectivity index (χ4n) is 3.23. The highest BCUT2D eigenvalue weighted by Crippen LogP contribution is 2.36. The quantitative estimate of drug-likeness (QED) is 0.826. The molecule has 1 N–H and O–H groups in total. The summed E-state index contributed by atoms with van der Waals surface area (Å²) in [4.78, 5) is 0. The summed E-state index contributed by atoms with van der Waals surface area (Å²) in [6.45, 7) is 5.35. The van der Waals surface area contributed by atoms with E-state index in [4.69, 9.17) is 5.10 Å². The van der Waals surface area contributed by atoms with Gasteiger partial charge in [-0.3, -0.25) is 4.68 Å². The van der Waals surface area contributed by atoms with Gasteiger partial charge >= 0.3 is 0 Å². The molecule has 0 radical (unpaired) electrons. The van der Waals surface area contributed by atoms with Gasteiger partial charge in [-0.1, -0.05) is 12.8 Å². The Bertz CT molecular complexity index is 375. The normalized spacial score (nSPS) is 21.3. The Morgan fingerprint density at radius 1 is 1.38 bits per heavy atom. The molecule has 1 saturated carbocycles. The molecule has 88 valence electrons. The molecule has 3 rings (SSSR count). The van der Waals surface area contributed by atoms with Gasteiger partial charge in [-0.15, -0.1) is 0 Å². The average molecular weight is 219 g/mol. The molecule has 1 aromatic rings. The molecule has 3 heteroatoms. The third-order valence-electron chi connectivity index (χ3n) is 4.08. The average Bonchev–Trinajstić information content (AvgIpc) is 2.95. The lowest BCUT2D eigenvalue weighted by Gasteiger charge is -2.16. The first-order chi connectivity index (χ1) is 7.90. The van der Waals surface area contributed by atoms with Gasteiger partial charge in [-0.05, 0) is 38.3 Å². The monoisotopic (exact) mass is 219 g/mol. The second-order valence-corrected chi connectivity index (χ2v) is 5.03. The molecule has 0 saturated heterocycles. The van der Waals surface area contributed by atoms with Gasteiger partial charge in [0.15, 0.2) is 0 Å². The van der Waals surface area contributed by atoms with E-state index >= 15 is 0 Å². The smallest absolute Gasteiger partial charge is 0.0691 e. The minimum atomic E-state index is 0.764. The van der Waals surface area contributed by atoms with E-state index in [0.717, 1.165) is 25.6 Å². The lowest BCUT2D eigenvalue weighted by molar-refractivity contribution is 0.557. The van der Waals surface area contributed by atoms with Crippen LogP contribution in [0.1, 0.15) is 55.5 Å². The van der Waals surface area contributed by atoms with Crippen molar-refractivity contribution in [1.29, 1.82) is 0 Å². The number of hydrogen-bond acceptors (Lipinski definition) is 2. The number of aryl methyl sites for hydroxylation is 1. The van der Waals surface area contributed by atoms with Gasteiger partial charge in [0, 0.05) is 19.0 Å². The van der Waals surface area contributed by atoms with Crippen molar-refractivity contribution in [2.24, 2.45) is 0 Å². The Hall–Kier alpha value is -0.830. The predicted octanol–water partition coefficient (Wildman–Crippen LogP) is 2.21. The Morgan fingerprint density at radius 2 is 2.19 bits per heavy atom. The first-order valence-electron chi connectivity index (χ1n) is 6.69. The van der Waals surface area contributed by atoms with Crippen molar-refractivity contribution in [1.82, 2.24) is 15.1 Å². The standard InChI is InChI=1S/C13H21N3/c1-2-16-12-9-14-8-7-11(12)13(15-16)10-5-3-4-6-10/h10,14H,2-9H2,1H3. The van der Waals surface area contributed by atoms with Crippen LogP contribution >= 0.6 is 0 Å². The Labute approximate surface area is 97.2 Å². The van der Waals surface area contributed by atoms with E-state index in [1.807, 2.05) is 0 Å². The molecule has 2 aliphatic rings. The van der Waals surface area contributed by atoms with E-state index in [1.165, 1.54) is 43.5 Å². The largest absolute Gasteiger partial charge is 0.311 e. The molecule has 1 aliphatic heterocycles. The van der Waals surface area contributed by atoms with Crippen LogP contribution in [0, 0.1) is 0 Å². The summed E-state index contributed by atoms with van der Waals surface area (Å²) < 4.78 is 2.22. The highest BCUT2D eigenvalue weighted by Gasteiger charge is 2.27. The van der Waals surface area contributed by atoms with E-state index < -0.39 is 0 Å². The molecule has 0 bridgehead atoms. The van der Waals surface area contributed by atoms with Gasteiger partial charge in [-0.25, -0.2) is 0 Å². The summed E-state index contributed by atoms with van der Waals surface area (Å²) in [6, 6.07) is 0. The van der Waals surface area contributed by atoms with Crippen LogP contribution in [0.5, 0.6) is 0 Å². The Balaban J connectivity index is 2.00. The molecule has 0 atom stereocenters. The minimum absolute atomic E-state index is 0.764. The third-order valence-corrected chi connectivity index (χ3v) is 4.08. The summed E-state index contributed by atoms with van der Waals surface area (Å²) in [7, 11) is 0. The van der Waals surface area contributed by atoms with Gasteiger partial charge in [0.05, 0.1) is 11.4 Å².